The smallest absolute Gasteiger partial charge is 0.260 e. The van der Waals surface area contributed by atoms with Gasteiger partial charge in [0.1, 0.15) is 5.82 Å². The fourth-order valence-electron chi connectivity index (χ4n) is 1.66. The lowest BCUT2D eigenvalue weighted by molar-refractivity contribution is 0.102. The molecule has 0 fully saturated rings. The summed E-state index contributed by atoms with van der Waals surface area (Å²) in [6.07, 6.45) is 0. The normalized spacial score (nSPS) is 10.6. The molecular weight excluding hydrogens is 341 g/mol. The minimum atomic E-state index is -0.559. The summed E-state index contributed by atoms with van der Waals surface area (Å²) in [5.41, 5.74) is -0.00881. The second-order valence-electron chi connectivity index (χ2n) is 4.18. The predicted molar refractivity (Wildman–Crippen MR) is 88.1 cm³/mol. The van der Waals surface area contributed by atoms with Crippen molar-refractivity contribution in [1.82, 2.24) is 10.2 Å². The average molecular weight is 351 g/mol. The maximum Gasteiger partial charge on any atom is 0.260 e. The fraction of sp³-hybridized carbons (Fsp3) is 0.0714. The summed E-state index contributed by atoms with van der Waals surface area (Å²) in [6.45, 7) is 0. The number of nitrogens with one attached hydrogen (secondary N) is 1. The highest BCUT2D eigenvalue weighted by atomic mass is 32.2. The van der Waals surface area contributed by atoms with E-state index in [-0.39, 0.29) is 5.56 Å². The maximum atomic E-state index is 13.5. The van der Waals surface area contributed by atoms with Gasteiger partial charge >= 0.3 is 0 Å². The first-order valence-electron chi connectivity index (χ1n) is 6.27. The molecule has 0 radical (unpaired) electrons. The summed E-state index contributed by atoms with van der Waals surface area (Å²) < 4.78 is 14.3. The number of hydrogen-bond donors (Lipinski definition) is 1. The van der Waals surface area contributed by atoms with Crippen molar-refractivity contribution < 1.29 is 9.18 Å². The van der Waals surface area contributed by atoms with E-state index in [0.717, 1.165) is 10.1 Å². The van der Waals surface area contributed by atoms with Crippen LogP contribution in [0.25, 0.3) is 0 Å². The topological polar surface area (TPSA) is 54.9 Å². The Labute approximate surface area is 138 Å². The molecule has 1 aromatic carbocycles. The number of aromatic nitrogens is 2. The van der Waals surface area contributed by atoms with Crippen LogP contribution in [-0.2, 0) is 5.75 Å². The van der Waals surface area contributed by atoms with Gasteiger partial charge in [0.15, 0.2) is 4.34 Å². The summed E-state index contributed by atoms with van der Waals surface area (Å²) in [6, 6.07) is 9.88. The Hall–Kier alpha value is -1.77. The maximum absolute atomic E-state index is 13.5. The molecule has 0 unspecified atom stereocenters. The van der Waals surface area contributed by atoms with Crippen LogP contribution < -0.4 is 5.32 Å². The van der Waals surface area contributed by atoms with E-state index in [1.807, 2.05) is 11.4 Å². The van der Waals surface area contributed by atoms with Gasteiger partial charge in [-0.25, -0.2) is 4.39 Å². The zero-order valence-electron chi connectivity index (χ0n) is 11.2. The lowest BCUT2D eigenvalue weighted by Gasteiger charge is -2.01. The van der Waals surface area contributed by atoms with E-state index < -0.39 is 11.7 Å². The van der Waals surface area contributed by atoms with Gasteiger partial charge in [-0.05, 0) is 23.6 Å². The molecule has 1 N–H and O–H groups in total. The van der Waals surface area contributed by atoms with Gasteiger partial charge in [0.25, 0.3) is 5.91 Å². The van der Waals surface area contributed by atoms with Crippen molar-refractivity contribution in [2.75, 3.05) is 5.32 Å². The SMILES string of the molecule is O=C(Nc1nnc(SCc2cccs2)s1)c1ccccc1F. The van der Waals surface area contributed by atoms with E-state index in [1.165, 1.54) is 34.4 Å². The highest BCUT2D eigenvalue weighted by molar-refractivity contribution is 8.00. The Morgan fingerprint density at radius 1 is 1.23 bits per heavy atom. The fourth-order valence-corrected chi connectivity index (χ4v) is 4.18. The molecule has 0 aliphatic heterocycles. The standard InChI is InChI=1S/C14H10FN3OS3/c15-11-6-2-1-5-10(11)12(19)16-13-17-18-14(22-13)21-8-9-4-3-7-20-9/h1-7H,8H2,(H,16,17,19). The minimum Gasteiger partial charge on any atom is -0.296 e. The molecule has 0 saturated carbocycles. The lowest BCUT2D eigenvalue weighted by Crippen LogP contribution is -2.13. The highest BCUT2D eigenvalue weighted by Gasteiger charge is 2.13. The summed E-state index contributed by atoms with van der Waals surface area (Å²) >= 11 is 4.51. The van der Waals surface area contributed by atoms with Crippen molar-refractivity contribution in [2.24, 2.45) is 0 Å². The Kier molecular flexibility index (Phi) is 4.81. The van der Waals surface area contributed by atoms with Crippen LogP contribution in [0.1, 0.15) is 15.2 Å². The van der Waals surface area contributed by atoms with Gasteiger partial charge in [0.05, 0.1) is 5.56 Å². The Morgan fingerprint density at radius 2 is 2.09 bits per heavy atom. The van der Waals surface area contributed by atoms with Crippen LogP contribution in [0.4, 0.5) is 9.52 Å². The first-order valence-corrected chi connectivity index (χ1v) is 8.95. The average Bonchev–Trinajstić information content (AvgIpc) is 3.17. The largest absolute Gasteiger partial charge is 0.296 e. The molecule has 8 heteroatoms. The van der Waals surface area contributed by atoms with E-state index >= 15 is 0 Å². The van der Waals surface area contributed by atoms with Crippen LogP contribution in [0.2, 0.25) is 0 Å². The molecule has 0 saturated heterocycles. The van der Waals surface area contributed by atoms with Crippen LogP contribution in [0.5, 0.6) is 0 Å². The van der Waals surface area contributed by atoms with Gasteiger partial charge in [-0.15, -0.1) is 21.5 Å². The van der Waals surface area contributed by atoms with Crippen molar-refractivity contribution in [1.29, 1.82) is 0 Å². The van der Waals surface area contributed by atoms with Gasteiger partial charge in [-0.1, -0.05) is 41.3 Å². The summed E-state index contributed by atoms with van der Waals surface area (Å²) in [4.78, 5) is 13.2. The second-order valence-corrected chi connectivity index (χ2v) is 7.41. The monoisotopic (exact) mass is 351 g/mol. The molecule has 22 heavy (non-hydrogen) atoms. The number of rotatable bonds is 5. The molecule has 4 nitrogen and oxygen atoms in total. The van der Waals surface area contributed by atoms with Crippen molar-refractivity contribution in [2.45, 2.75) is 10.1 Å². The van der Waals surface area contributed by atoms with Crippen molar-refractivity contribution in [3.05, 3.63) is 58.0 Å². The summed E-state index contributed by atoms with van der Waals surface area (Å²) in [5.74, 6) is -0.269. The summed E-state index contributed by atoms with van der Waals surface area (Å²) in [7, 11) is 0. The van der Waals surface area contributed by atoms with E-state index in [4.69, 9.17) is 0 Å². The third kappa shape index (κ3) is 3.70. The number of carbonyl (C=O) groups excluding carboxylic acids is 1. The molecule has 3 aromatic rings. The second kappa shape index (κ2) is 6.99. The first-order chi connectivity index (χ1) is 10.7. The Bertz CT molecular complexity index is 773. The molecular formula is C14H10FN3OS3. The molecule has 0 spiro atoms. The molecule has 0 aliphatic carbocycles. The van der Waals surface area contributed by atoms with Crippen molar-refractivity contribution in [3.8, 4) is 0 Å². The number of carbonyl (C=O) groups is 1. The van der Waals surface area contributed by atoms with E-state index in [2.05, 4.69) is 21.6 Å². The quantitative estimate of drug-likeness (QED) is 0.550. The van der Waals surface area contributed by atoms with Crippen molar-refractivity contribution in [3.63, 3.8) is 0 Å². The molecule has 1 amide bonds. The molecule has 0 aliphatic rings. The molecule has 112 valence electrons. The van der Waals surface area contributed by atoms with Crippen molar-refractivity contribution >= 4 is 45.5 Å². The Morgan fingerprint density at radius 3 is 2.86 bits per heavy atom. The predicted octanol–water partition coefficient (Wildman–Crippen LogP) is 4.28. The van der Waals surface area contributed by atoms with Gasteiger partial charge < -0.3 is 0 Å². The van der Waals surface area contributed by atoms with Crippen LogP contribution in [0, 0.1) is 5.82 Å². The minimum absolute atomic E-state index is 0.00881. The summed E-state index contributed by atoms with van der Waals surface area (Å²) in [5, 5.41) is 12.9. The molecule has 0 bridgehead atoms. The van der Waals surface area contributed by atoms with Crippen LogP contribution in [0.3, 0.4) is 0 Å². The first kappa shape index (κ1) is 15.1. The van der Waals surface area contributed by atoms with Crippen LogP contribution in [0.15, 0.2) is 46.1 Å². The highest BCUT2D eigenvalue weighted by Crippen LogP contribution is 2.29. The van der Waals surface area contributed by atoms with Gasteiger partial charge in [0.2, 0.25) is 5.13 Å². The van der Waals surface area contributed by atoms with Crippen LogP contribution >= 0.6 is 34.4 Å². The number of thioether (sulfide) groups is 1. The van der Waals surface area contributed by atoms with E-state index in [9.17, 15) is 9.18 Å². The zero-order chi connectivity index (χ0) is 15.4. The number of thiophene rings is 1. The molecule has 2 aromatic heterocycles. The number of nitrogens with zero attached hydrogens (tertiary/aromatic N) is 2. The zero-order valence-corrected chi connectivity index (χ0v) is 13.6. The molecule has 3 rings (SSSR count). The third-order valence-electron chi connectivity index (χ3n) is 2.66. The van der Waals surface area contributed by atoms with E-state index in [1.54, 1.807) is 29.2 Å². The van der Waals surface area contributed by atoms with Gasteiger partial charge in [-0.2, -0.15) is 0 Å². The number of halogens is 1. The number of hydrogen-bond acceptors (Lipinski definition) is 6. The lowest BCUT2D eigenvalue weighted by atomic mass is 10.2. The Balaban J connectivity index is 1.62. The molecule has 0 atom stereocenters. The van der Waals surface area contributed by atoms with Crippen LogP contribution in [-0.4, -0.2) is 16.1 Å². The van der Waals surface area contributed by atoms with Gasteiger partial charge in [-0.3, -0.25) is 10.1 Å². The number of anilines is 1. The third-order valence-corrected chi connectivity index (χ3v) is 5.74. The number of amides is 1. The van der Waals surface area contributed by atoms with E-state index in [0.29, 0.717) is 5.13 Å². The molecule has 2 heterocycles. The number of benzene rings is 1. The van der Waals surface area contributed by atoms with Gasteiger partial charge in [0, 0.05) is 10.6 Å².